The van der Waals surface area contributed by atoms with Crippen LogP contribution in [0.4, 0.5) is 5.69 Å². The predicted molar refractivity (Wildman–Crippen MR) is 84.2 cm³/mol. The van der Waals surface area contributed by atoms with Crippen molar-refractivity contribution in [3.8, 4) is 5.75 Å². The second-order valence-electron chi connectivity index (χ2n) is 5.36. The highest BCUT2D eigenvalue weighted by atomic mass is 35.5. The lowest BCUT2D eigenvalue weighted by molar-refractivity contribution is 0.0975. The minimum Gasteiger partial charge on any atom is -0.508 e. The molecule has 0 bridgehead atoms. The number of phenolic OH excluding ortho intramolecular Hbond substituents is 1. The Morgan fingerprint density at radius 3 is 2.86 bits per heavy atom. The molecule has 3 rings (SSSR count). The van der Waals surface area contributed by atoms with E-state index in [4.69, 9.17) is 11.6 Å². The fourth-order valence-electron chi connectivity index (χ4n) is 2.80. The van der Waals surface area contributed by atoms with Crippen molar-refractivity contribution < 1.29 is 9.90 Å². The summed E-state index contributed by atoms with van der Waals surface area (Å²) in [7, 11) is 0. The second kappa shape index (κ2) is 5.41. The summed E-state index contributed by atoms with van der Waals surface area (Å²) in [5.41, 5.74) is 2.43. The summed E-state index contributed by atoms with van der Waals surface area (Å²) in [5, 5.41) is 9.97. The Hall–Kier alpha value is -2.00. The van der Waals surface area contributed by atoms with E-state index in [1.807, 2.05) is 31.2 Å². The lowest BCUT2D eigenvalue weighted by atomic mass is 9.95. The van der Waals surface area contributed by atoms with Crippen molar-refractivity contribution in [2.45, 2.75) is 25.8 Å². The van der Waals surface area contributed by atoms with Crippen molar-refractivity contribution in [1.29, 1.82) is 0 Å². The zero-order valence-corrected chi connectivity index (χ0v) is 12.5. The van der Waals surface area contributed by atoms with Crippen LogP contribution in [0.15, 0.2) is 42.5 Å². The number of para-hydroxylation sites is 1. The molecule has 0 saturated heterocycles. The molecule has 1 aliphatic rings. The van der Waals surface area contributed by atoms with Crippen molar-refractivity contribution in [2.24, 2.45) is 0 Å². The predicted octanol–water partition coefficient (Wildman–Crippen LogP) is 4.03. The number of aryl methyl sites for hydroxylation is 1. The monoisotopic (exact) mass is 301 g/mol. The van der Waals surface area contributed by atoms with Crippen LogP contribution in [0.25, 0.3) is 0 Å². The van der Waals surface area contributed by atoms with E-state index in [1.54, 1.807) is 11.0 Å². The lowest BCUT2D eigenvalue weighted by Gasteiger charge is -2.35. The molecule has 3 nitrogen and oxygen atoms in total. The number of fused-ring (bicyclic) bond motifs is 1. The molecule has 1 N–H and O–H groups in total. The van der Waals surface area contributed by atoms with Gasteiger partial charge in [0, 0.05) is 11.7 Å². The van der Waals surface area contributed by atoms with Crippen molar-refractivity contribution in [2.75, 3.05) is 4.90 Å². The highest BCUT2D eigenvalue weighted by molar-refractivity contribution is 6.34. The van der Waals surface area contributed by atoms with E-state index >= 15 is 0 Å². The molecule has 1 unspecified atom stereocenters. The molecule has 0 saturated carbocycles. The van der Waals surface area contributed by atoms with E-state index in [2.05, 4.69) is 0 Å². The highest BCUT2D eigenvalue weighted by Gasteiger charge is 2.29. The van der Waals surface area contributed by atoms with Crippen LogP contribution >= 0.6 is 11.6 Å². The summed E-state index contributed by atoms with van der Waals surface area (Å²) in [6.45, 7) is 2.03. The topological polar surface area (TPSA) is 40.5 Å². The molecule has 0 fully saturated rings. The van der Waals surface area contributed by atoms with Gasteiger partial charge in [0.15, 0.2) is 0 Å². The number of benzene rings is 2. The molecule has 0 aliphatic carbocycles. The summed E-state index contributed by atoms with van der Waals surface area (Å²) < 4.78 is 0. The van der Waals surface area contributed by atoms with Crippen LogP contribution in [0.2, 0.25) is 5.02 Å². The lowest BCUT2D eigenvalue weighted by Crippen LogP contribution is -2.42. The molecular weight excluding hydrogens is 286 g/mol. The minimum absolute atomic E-state index is 0.0423. The van der Waals surface area contributed by atoms with E-state index in [-0.39, 0.29) is 17.7 Å². The number of nitrogens with zero attached hydrogens (tertiary/aromatic N) is 1. The van der Waals surface area contributed by atoms with Crippen LogP contribution in [-0.4, -0.2) is 17.1 Å². The third-order valence-electron chi connectivity index (χ3n) is 3.92. The standard InChI is InChI=1S/C17H16ClNO2/c1-11-6-7-12-4-2-3-5-16(12)19(11)17(21)14-10-13(20)8-9-15(14)18/h2-5,8-11,20H,6-7H2,1H3. The average Bonchev–Trinajstić information content (AvgIpc) is 2.49. The smallest absolute Gasteiger partial charge is 0.260 e. The van der Waals surface area contributed by atoms with Crippen LogP contribution in [-0.2, 0) is 6.42 Å². The van der Waals surface area contributed by atoms with E-state index in [0.29, 0.717) is 10.6 Å². The molecule has 2 aromatic rings. The van der Waals surface area contributed by atoms with E-state index < -0.39 is 0 Å². The van der Waals surface area contributed by atoms with Crippen LogP contribution in [0, 0.1) is 0 Å². The largest absolute Gasteiger partial charge is 0.508 e. The maximum atomic E-state index is 12.9. The first-order valence-electron chi connectivity index (χ1n) is 6.98. The normalized spacial score (nSPS) is 17.4. The third-order valence-corrected chi connectivity index (χ3v) is 4.25. The first kappa shape index (κ1) is 14.0. The van der Waals surface area contributed by atoms with Gasteiger partial charge in [-0.25, -0.2) is 0 Å². The number of carbonyl (C=O) groups excluding carboxylic acids is 1. The van der Waals surface area contributed by atoms with Gasteiger partial charge in [0.05, 0.1) is 10.6 Å². The third kappa shape index (κ3) is 2.49. The average molecular weight is 302 g/mol. The molecule has 4 heteroatoms. The Morgan fingerprint density at radius 1 is 1.29 bits per heavy atom. The van der Waals surface area contributed by atoms with Crippen molar-refractivity contribution >= 4 is 23.2 Å². The number of rotatable bonds is 1. The van der Waals surface area contributed by atoms with Gasteiger partial charge >= 0.3 is 0 Å². The minimum atomic E-state index is -0.171. The first-order chi connectivity index (χ1) is 10.1. The molecule has 1 aliphatic heterocycles. The SMILES string of the molecule is CC1CCc2ccccc2N1C(=O)c1cc(O)ccc1Cl. The van der Waals surface area contributed by atoms with Crippen LogP contribution in [0.1, 0.15) is 29.3 Å². The Labute approximate surface area is 128 Å². The number of halogens is 1. The van der Waals surface area contributed by atoms with Crippen molar-refractivity contribution in [3.63, 3.8) is 0 Å². The van der Waals surface area contributed by atoms with Gasteiger partial charge in [0.2, 0.25) is 0 Å². The summed E-state index contributed by atoms with van der Waals surface area (Å²) in [6.07, 6.45) is 1.88. The van der Waals surface area contributed by atoms with Gasteiger partial charge in [-0.05, 0) is 49.6 Å². The first-order valence-corrected chi connectivity index (χ1v) is 7.35. The van der Waals surface area contributed by atoms with Gasteiger partial charge < -0.3 is 10.0 Å². The zero-order valence-electron chi connectivity index (χ0n) is 11.7. The Bertz CT molecular complexity index is 699. The summed E-state index contributed by atoms with van der Waals surface area (Å²) >= 11 is 6.13. The fraction of sp³-hybridized carbons (Fsp3) is 0.235. The molecule has 0 radical (unpaired) electrons. The Balaban J connectivity index is 2.07. The van der Waals surface area contributed by atoms with Gasteiger partial charge in [-0.15, -0.1) is 0 Å². The maximum absolute atomic E-state index is 12.9. The van der Waals surface area contributed by atoms with E-state index in [1.165, 1.54) is 17.7 Å². The molecule has 0 aromatic heterocycles. The molecule has 108 valence electrons. The molecule has 21 heavy (non-hydrogen) atoms. The number of hydrogen-bond acceptors (Lipinski definition) is 2. The Morgan fingerprint density at radius 2 is 2.05 bits per heavy atom. The number of phenols is 1. The van der Waals surface area contributed by atoms with E-state index in [9.17, 15) is 9.90 Å². The van der Waals surface area contributed by atoms with Crippen LogP contribution < -0.4 is 4.90 Å². The van der Waals surface area contributed by atoms with Gasteiger partial charge in [-0.1, -0.05) is 29.8 Å². The van der Waals surface area contributed by atoms with Crippen LogP contribution in [0.3, 0.4) is 0 Å². The number of aromatic hydroxyl groups is 1. The van der Waals surface area contributed by atoms with Crippen molar-refractivity contribution in [1.82, 2.24) is 0 Å². The summed E-state index contributed by atoms with van der Waals surface area (Å²) in [4.78, 5) is 14.7. The number of amides is 1. The number of hydrogen-bond donors (Lipinski definition) is 1. The maximum Gasteiger partial charge on any atom is 0.260 e. The Kier molecular flexibility index (Phi) is 3.60. The van der Waals surface area contributed by atoms with E-state index in [0.717, 1.165) is 18.5 Å². The molecule has 0 spiro atoms. The molecule has 1 amide bonds. The number of anilines is 1. The quantitative estimate of drug-likeness (QED) is 0.864. The summed E-state index contributed by atoms with van der Waals surface area (Å²) in [6, 6.07) is 12.5. The molecule has 1 atom stereocenters. The van der Waals surface area contributed by atoms with Gasteiger partial charge in [0.1, 0.15) is 5.75 Å². The second-order valence-corrected chi connectivity index (χ2v) is 5.76. The number of carbonyl (C=O) groups is 1. The molecule has 2 aromatic carbocycles. The fourth-order valence-corrected chi connectivity index (χ4v) is 3.00. The van der Waals surface area contributed by atoms with Crippen molar-refractivity contribution in [3.05, 3.63) is 58.6 Å². The molecular formula is C17H16ClNO2. The zero-order chi connectivity index (χ0) is 15.0. The summed E-state index contributed by atoms with van der Waals surface area (Å²) in [5.74, 6) is -0.128. The van der Waals surface area contributed by atoms with Gasteiger partial charge in [-0.2, -0.15) is 0 Å². The molecule has 1 heterocycles. The van der Waals surface area contributed by atoms with Crippen LogP contribution in [0.5, 0.6) is 5.75 Å². The highest BCUT2D eigenvalue weighted by Crippen LogP contribution is 2.33. The van der Waals surface area contributed by atoms with Gasteiger partial charge in [0.25, 0.3) is 5.91 Å². The van der Waals surface area contributed by atoms with Gasteiger partial charge in [-0.3, -0.25) is 4.79 Å².